The van der Waals surface area contributed by atoms with E-state index in [9.17, 15) is 0 Å². The molecule has 94 valence electrons. The summed E-state index contributed by atoms with van der Waals surface area (Å²) in [5.74, 6) is 0.771. The van der Waals surface area contributed by atoms with Crippen LogP contribution in [-0.2, 0) is 0 Å². The average molecular weight is 250 g/mol. The Hall–Kier alpha value is -2.75. The molecule has 1 aromatic heterocycles. The van der Waals surface area contributed by atoms with Crippen molar-refractivity contribution >= 4 is 11.5 Å². The van der Waals surface area contributed by atoms with Gasteiger partial charge in [-0.05, 0) is 24.3 Å². The zero-order chi connectivity index (χ0) is 12.9. The van der Waals surface area contributed by atoms with Crippen molar-refractivity contribution in [3.05, 3.63) is 72.9 Å². The lowest BCUT2D eigenvalue weighted by Crippen LogP contribution is -2.09. The minimum atomic E-state index is 0.771. The van der Waals surface area contributed by atoms with E-state index in [2.05, 4.69) is 16.0 Å². The highest BCUT2D eigenvalue weighted by Crippen LogP contribution is 2.11. The van der Waals surface area contributed by atoms with Gasteiger partial charge in [0.25, 0.3) is 0 Å². The average Bonchev–Trinajstić information content (AvgIpc) is 2.96. The van der Waals surface area contributed by atoms with Gasteiger partial charge in [0.15, 0.2) is 5.82 Å². The summed E-state index contributed by atoms with van der Waals surface area (Å²) in [4.78, 5) is 0. The first-order valence-corrected chi connectivity index (χ1v) is 6.10. The topological polar surface area (TPSA) is 41.9 Å². The first-order chi connectivity index (χ1) is 9.42. The fraction of sp³-hybridized carbons (Fsp3) is 0. The molecule has 4 heteroatoms. The molecule has 0 aliphatic carbocycles. The van der Waals surface area contributed by atoms with Crippen LogP contribution in [0.1, 0.15) is 0 Å². The molecule has 0 atom stereocenters. The van der Waals surface area contributed by atoms with E-state index in [0.717, 1.165) is 17.2 Å². The van der Waals surface area contributed by atoms with E-state index in [1.165, 1.54) is 0 Å². The Bertz CT molecular complexity index is 632. The number of anilines is 2. The second-order valence-electron chi connectivity index (χ2n) is 4.10. The van der Waals surface area contributed by atoms with Gasteiger partial charge in [-0.15, -0.1) is 5.10 Å². The number of para-hydroxylation sites is 2. The van der Waals surface area contributed by atoms with Crippen LogP contribution in [0.3, 0.4) is 0 Å². The third-order valence-electron chi connectivity index (χ3n) is 2.72. The highest BCUT2D eigenvalue weighted by atomic mass is 15.4. The summed E-state index contributed by atoms with van der Waals surface area (Å²) in [6, 6.07) is 21.8. The highest BCUT2D eigenvalue weighted by Gasteiger charge is 1.99. The minimum Gasteiger partial charge on any atom is -0.300 e. The molecule has 2 aromatic carbocycles. The summed E-state index contributed by atoms with van der Waals surface area (Å²) < 4.78 is 1.83. The van der Waals surface area contributed by atoms with Crippen LogP contribution < -0.4 is 10.9 Å². The smallest absolute Gasteiger partial charge is 0.166 e. The maximum Gasteiger partial charge on any atom is 0.166 e. The number of hydrogen-bond donors (Lipinski definition) is 2. The molecule has 0 bridgehead atoms. The Morgan fingerprint density at radius 1 is 0.737 bits per heavy atom. The molecule has 3 aromatic rings. The van der Waals surface area contributed by atoms with Crippen LogP contribution in [0.2, 0.25) is 0 Å². The molecule has 0 saturated heterocycles. The maximum absolute atomic E-state index is 4.44. The molecular formula is C15H14N4. The number of rotatable bonds is 4. The van der Waals surface area contributed by atoms with E-state index in [4.69, 9.17) is 0 Å². The Labute approximate surface area is 111 Å². The first kappa shape index (κ1) is 11.3. The molecule has 0 unspecified atom stereocenters. The fourth-order valence-electron chi connectivity index (χ4n) is 1.77. The van der Waals surface area contributed by atoms with E-state index in [0.29, 0.717) is 0 Å². The summed E-state index contributed by atoms with van der Waals surface area (Å²) in [5.41, 5.74) is 8.20. The summed E-state index contributed by atoms with van der Waals surface area (Å²) in [7, 11) is 0. The van der Waals surface area contributed by atoms with E-state index < -0.39 is 0 Å². The van der Waals surface area contributed by atoms with Gasteiger partial charge in [0, 0.05) is 12.3 Å². The zero-order valence-corrected chi connectivity index (χ0v) is 10.3. The third kappa shape index (κ3) is 2.74. The van der Waals surface area contributed by atoms with Crippen molar-refractivity contribution in [2.45, 2.75) is 0 Å². The van der Waals surface area contributed by atoms with Crippen LogP contribution in [0.25, 0.3) is 5.69 Å². The van der Waals surface area contributed by atoms with Gasteiger partial charge in [-0.2, -0.15) is 0 Å². The van der Waals surface area contributed by atoms with Gasteiger partial charge < -0.3 is 0 Å². The van der Waals surface area contributed by atoms with Gasteiger partial charge in [-0.25, -0.2) is 4.68 Å². The molecule has 0 amide bonds. The normalized spacial score (nSPS) is 10.1. The fourth-order valence-corrected chi connectivity index (χ4v) is 1.77. The van der Waals surface area contributed by atoms with Crippen molar-refractivity contribution in [1.29, 1.82) is 0 Å². The van der Waals surface area contributed by atoms with Crippen molar-refractivity contribution < 1.29 is 0 Å². The number of nitrogens with zero attached hydrogens (tertiary/aromatic N) is 2. The van der Waals surface area contributed by atoms with Crippen LogP contribution in [0.4, 0.5) is 11.5 Å². The van der Waals surface area contributed by atoms with E-state index in [1.54, 1.807) is 0 Å². The predicted molar refractivity (Wildman–Crippen MR) is 77.3 cm³/mol. The maximum atomic E-state index is 4.44. The number of nitrogens with one attached hydrogen (secondary N) is 2. The van der Waals surface area contributed by atoms with Gasteiger partial charge in [0.2, 0.25) is 0 Å². The third-order valence-corrected chi connectivity index (χ3v) is 2.72. The number of benzene rings is 2. The van der Waals surface area contributed by atoms with Crippen molar-refractivity contribution in [2.75, 3.05) is 10.9 Å². The van der Waals surface area contributed by atoms with Gasteiger partial charge >= 0.3 is 0 Å². The van der Waals surface area contributed by atoms with Gasteiger partial charge in [-0.3, -0.25) is 10.9 Å². The molecule has 3 rings (SSSR count). The second-order valence-corrected chi connectivity index (χ2v) is 4.10. The molecule has 0 saturated carbocycles. The SMILES string of the molecule is c1ccc(NNc2ccn(-c3ccccc3)n2)cc1. The van der Waals surface area contributed by atoms with E-state index in [-0.39, 0.29) is 0 Å². The van der Waals surface area contributed by atoms with Crippen molar-refractivity contribution in [3.8, 4) is 5.69 Å². The molecule has 0 aliphatic heterocycles. The van der Waals surface area contributed by atoms with Gasteiger partial charge in [-0.1, -0.05) is 36.4 Å². The molecule has 19 heavy (non-hydrogen) atoms. The first-order valence-electron chi connectivity index (χ1n) is 6.10. The summed E-state index contributed by atoms with van der Waals surface area (Å²) in [6.07, 6.45) is 1.92. The second kappa shape index (κ2) is 5.27. The Kier molecular flexibility index (Phi) is 3.14. The Balaban J connectivity index is 1.69. The quantitative estimate of drug-likeness (QED) is 0.698. The molecule has 2 N–H and O–H groups in total. The van der Waals surface area contributed by atoms with Crippen molar-refractivity contribution in [2.24, 2.45) is 0 Å². The van der Waals surface area contributed by atoms with E-state index >= 15 is 0 Å². The van der Waals surface area contributed by atoms with Crippen molar-refractivity contribution in [1.82, 2.24) is 9.78 Å². The lowest BCUT2D eigenvalue weighted by atomic mass is 10.3. The highest BCUT2D eigenvalue weighted by molar-refractivity contribution is 5.49. The van der Waals surface area contributed by atoms with Crippen LogP contribution in [0, 0.1) is 0 Å². The van der Waals surface area contributed by atoms with Crippen LogP contribution in [0.5, 0.6) is 0 Å². The molecule has 0 aliphatic rings. The van der Waals surface area contributed by atoms with Crippen LogP contribution in [0.15, 0.2) is 72.9 Å². The minimum absolute atomic E-state index is 0.771. The Morgan fingerprint density at radius 3 is 2.16 bits per heavy atom. The molecule has 1 heterocycles. The van der Waals surface area contributed by atoms with Crippen LogP contribution in [-0.4, -0.2) is 9.78 Å². The molecule has 0 radical (unpaired) electrons. The number of aromatic nitrogens is 2. The summed E-state index contributed by atoms with van der Waals surface area (Å²) >= 11 is 0. The molecule has 4 nitrogen and oxygen atoms in total. The number of hydrazine groups is 1. The molecular weight excluding hydrogens is 236 g/mol. The summed E-state index contributed by atoms with van der Waals surface area (Å²) in [5, 5.41) is 4.44. The van der Waals surface area contributed by atoms with E-state index in [1.807, 2.05) is 77.6 Å². The standard InChI is InChI=1S/C15H14N4/c1-3-7-13(8-4-1)16-17-15-11-12-19(18-15)14-9-5-2-6-10-14/h1-12,16H,(H,17,18). The Morgan fingerprint density at radius 2 is 1.42 bits per heavy atom. The van der Waals surface area contributed by atoms with Crippen molar-refractivity contribution in [3.63, 3.8) is 0 Å². The predicted octanol–water partition coefficient (Wildman–Crippen LogP) is 3.31. The molecule has 0 spiro atoms. The van der Waals surface area contributed by atoms with Crippen LogP contribution >= 0.6 is 0 Å². The lowest BCUT2D eigenvalue weighted by Gasteiger charge is -2.06. The lowest BCUT2D eigenvalue weighted by molar-refractivity contribution is 0.882. The summed E-state index contributed by atoms with van der Waals surface area (Å²) in [6.45, 7) is 0. The monoisotopic (exact) mass is 250 g/mol. The largest absolute Gasteiger partial charge is 0.300 e. The van der Waals surface area contributed by atoms with Gasteiger partial charge in [0.05, 0.1) is 11.4 Å². The molecule has 0 fully saturated rings. The zero-order valence-electron chi connectivity index (χ0n) is 10.3. The number of hydrogen-bond acceptors (Lipinski definition) is 3. The van der Waals surface area contributed by atoms with Gasteiger partial charge in [0.1, 0.15) is 0 Å².